The zero-order valence-corrected chi connectivity index (χ0v) is 19.6. The van der Waals surface area contributed by atoms with Crippen LogP contribution in [0.15, 0.2) is 88.9 Å². The van der Waals surface area contributed by atoms with Gasteiger partial charge in [-0.1, -0.05) is 71.9 Å². The van der Waals surface area contributed by atoms with Gasteiger partial charge in [0, 0.05) is 11.8 Å². The van der Waals surface area contributed by atoms with Gasteiger partial charge in [0.05, 0.1) is 17.2 Å². The molecule has 0 spiro atoms. The molecule has 0 heterocycles. The van der Waals surface area contributed by atoms with Crippen LogP contribution in [0, 0.1) is 0 Å². The molecule has 0 N–H and O–H groups in total. The maximum absolute atomic E-state index is 12.2. The van der Waals surface area contributed by atoms with Crippen LogP contribution in [0.1, 0.15) is 28.7 Å². The van der Waals surface area contributed by atoms with E-state index in [9.17, 15) is 13.2 Å². The van der Waals surface area contributed by atoms with Crippen molar-refractivity contribution in [1.29, 1.82) is 0 Å². The summed E-state index contributed by atoms with van der Waals surface area (Å²) in [4.78, 5) is 17.6. The minimum Gasteiger partial charge on any atom is -0.365 e. The highest BCUT2D eigenvalue weighted by molar-refractivity contribution is 7.90. The van der Waals surface area contributed by atoms with Crippen molar-refractivity contribution in [2.45, 2.75) is 24.3 Å². The van der Waals surface area contributed by atoms with Crippen molar-refractivity contribution in [1.82, 2.24) is 0 Å². The predicted molar refractivity (Wildman–Crippen MR) is 132 cm³/mol. The number of fused-ring (bicyclic) bond motifs is 1. The van der Waals surface area contributed by atoms with Gasteiger partial charge in [0.1, 0.15) is 6.61 Å². The zero-order valence-electron chi connectivity index (χ0n) is 18.8. The summed E-state index contributed by atoms with van der Waals surface area (Å²) in [6.07, 6.45) is 4.51. The van der Waals surface area contributed by atoms with Gasteiger partial charge in [-0.25, -0.2) is 13.2 Å². The first-order chi connectivity index (χ1) is 16.4. The second-order valence-corrected chi connectivity index (χ2v) is 10.1. The van der Waals surface area contributed by atoms with E-state index in [4.69, 9.17) is 9.57 Å². The van der Waals surface area contributed by atoms with Crippen LogP contribution in [0.4, 0.5) is 0 Å². The third-order valence-electron chi connectivity index (χ3n) is 5.46. The predicted octanol–water partition coefficient (Wildman–Crippen LogP) is 4.69. The Kier molecular flexibility index (Phi) is 7.35. The van der Waals surface area contributed by atoms with Gasteiger partial charge < -0.3 is 9.57 Å². The Bertz CT molecular complexity index is 1330. The molecule has 174 valence electrons. The molecule has 4 rings (SSSR count). The largest absolute Gasteiger partial charge is 0.365 e. The summed E-state index contributed by atoms with van der Waals surface area (Å²) < 4.78 is 29.0. The van der Waals surface area contributed by atoms with Crippen LogP contribution < -0.4 is 0 Å². The number of ether oxygens (including phenoxy) is 1. The molecule has 0 saturated heterocycles. The number of sulfone groups is 1. The lowest BCUT2D eigenvalue weighted by Gasteiger charge is -2.20. The van der Waals surface area contributed by atoms with E-state index >= 15 is 0 Å². The van der Waals surface area contributed by atoms with Crippen molar-refractivity contribution in [2.24, 2.45) is 5.16 Å². The molecule has 1 aliphatic carbocycles. The number of rotatable bonds is 7. The molecular formula is C27H25NO5S. The van der Waals surface area contributed by atoms with Crippen molar-refractivity contribution in [3.63, 3.8) is 0 Å². The molecule has 0 fully saturated rings. The molecule has 0 atom stereocenters. The van der Waals surface area contributed by atoms with Crippen LogP contribution in [-0.2, 0) is 37.2 Å². The quantitative estimate of drug-likeness (QED) is 0.366. The first-order valence-electron chi connectivity index (χ1n) is 10.9. The van der Waals surface area contributed by atoms with Crippen molar-refractivity contribution < 1.29 is 22.8 Å². The van der Waals surface area contributed by atoms with Crippen LogP contribution in [-0.4, -0.2) is 33.0 Å². The molecule has 6 nitrogen and oxygen atoms in total. The van der Waals surface area contributed by atoms with Crippen LogP contribution in [0.25, 0.3) is 11.6 Å². The van der Waals surface area contributed by atoms with Crippen molar-refractivity contribution in [2.75, 3.05) is 12.9 Å². The molecular weight excluding hydrogens is 450 g/mol. The maximum atomic E-state index is 12.2. The summed E-state index contributed by atoms with van der Waals surface area (Å²) in [5.74, 6) is -0.570. The summed E-state index contributed by atoms with van der Waals surface area (Å²) in [5.41, 5.74) is 5.48. The molecule has 0 aliphatic heterocycles. The highest BCUT2D eigenvalue weighted by Crippen LogP contribution is 2.31. The summed E-state index contributed by atoms with van der Waals surface area (Å²) in [7, 11) is -3.27. The standard InChI is InChI=1S/C27H25NO5S/c1-34(30,31)23-14-11-20(12-15-23)17-25-24-10-6-5-9-22(24)13-16-26(25)28-33-27(29)19-32-18-21-7-3-2-4-8-21/h2-12,14-15,17H,13,16,18-19H2,1H3/b25-17+,28-26-. The molecule has 7 heteroatoms. The second-order valence-electron chi connectivity index (χ2n) is 8.04. The van der Waals surface area contributed by atoms with Crippen LogP contribution in [0.5, 0.6) is 0 Å². The Morgan fingerprint density at radius 2 is 1.65 bits per heavy atom. The Labute approximate surface area is 199 Å². The molecule has 1 aliphatic rings. The van der Waals surface area contributed by atoms with Crippen LogP contribution in [0.3, 0.4) is 0 Å². The third-order valence-corrected chi connectivity index (χ3v) is 6.59. The molecule has 0 aromatic heterocycles. The van der Waals surface area contributed by atoms with E-state index in [1.54, 1.807) is 24.3 Å². The fourth-order valence-corrected chi connectivity index (χ4v) is 4.37. The fraction of sp³-hybridized carbons (Fsp3) is 0.185. The lowest BCUT2D eigenvalue weighted by molar-refractivity contribution is -0.149. The highest BCUT2D eigenvalue weighted by atomic mass is 32.2. The molecule has 0 radical (unpaired) electrons. The van der Waals surface area contributed by atoms with Gasteiger partial charge in [0.25, 0.3) is 0 Å². The van der Waals surface area contributed by atoms with E-state index in [1.807, 2.05) is 54.6 Å². The number of hydrogen-bond donors (Lipinski definition) is 0. The normalized spacial score (nSPS) is 15.8. The van der Waals surface area contributed by atoms with Gasteiger partial charge in [-0.3, -0.25) is 0 Å². The lowest BCUT2D eigenvalue weighted by Crippen LogP contribution is -2.16. The Morgan fingerprint density at radius 3 is 2.38 bits per heavy atom. The van der Waals surface area contributed by atoms with E-state index in [0.29, 0.717) is 18.7 Å². The Hall–Kier alpha value is -3.55. The number of aryl methyl sites for hydroxylation is 1. The summed E-state index contributed by atoms with van der Waals surface area (Å²) in [6, 6.07) is 24.3. The fourth-order valence-electron chi connectivity index (χ4n) is 3.74. The summed E-state index contributed by atoms with van der Waals surface area (Å²) >= 11 is 0. The Balaban J connectivity index is 1.51. The van der Waals surface area contributed by atoms with Gasteiger partial charge in [-0.2, -0.15) is 0 Å². The average Bonchev–Trinajstić information content (AvgIpc) is 2.84. The van der Waals surface area contributed by atoms with Gasteiger partial charge in [0.15, 0.2) is 9.84 Å². The van der Waals surface area contributed by atoms with Crippen molar-refractivity contribution in [3.05, 3.63) is 101 Å². The molecule has 0 amide bonds. The molecule has 0 unspecified atom stereocenters. The lowest BCUT2D eigenvalue weighted by atomic mass is 9.85. The SMILES string of the molecule is CS(=O)(=O)c1ccc(/C=C2/C(=N\OC(=O)COCc3ccccc3)CCc3ccccc32)cc1. The number of oxime groups is 1. The first-order valence-corrected chi connectivity index (χ1v) is 12.8. The molecule has 34 heavy (non-hydrogen) atoms. The number of carbonyl (C=O) groups is 1. The van der Waals surface area contributed by atoms with E-state index in [1.165, 1.54) is 11.8 Å². The van der Waals surface area contributed by atoms with E-state index in [-0.39, 0.29) is 11.5 Å². The Morgan fingerprint density at radius 1 is 0.941 bits per heavy atom. The molecule has 3 aromatic carbocycles. The average molecular weight is 476 g/mol. The van der Waals surface area contributed by atoms with Crippen molar-refractivity contribution in [3.8, 4) is 0 Å². The number of benzene rings is 3. The van der Waals surface area contributed by atoms with Gasteiger partial charge >= 0.3 is 5.97 Å². The topological polar surface area (TPSA) is 82.0 Å². The zero-order chi connectivity index (χ0) is 24.0. The minimum atomic E-state index is -3.27. The van der Waals surface area contributed by atoms with Gasteiger partial charge in [-0.05, 0) is 53.3 Å². The van der Waals surface area contributed by atoms with E-state index in [2.05, 4.69) is 11.2 Å². The van der Waals surface area contributed by atoms with Crippen LogP contribution >= 0.6 is 0 Å². The second kappa shape index (κ2) is 10.6. The van der Waals surface area contributed by atoms with E-state index < -0.39 is 15.8 Å². The highest BCUT2D eigenvalue weighted by Gasteiger charge is 2.21. The summed E-state index contributed by atoms with van der Waals surface area (Å²) in [5, 5.41) is 4.17. The van der Waals surface area contributed by atoms with Crippen molar-refractivity contribution >= 4 is 33.2 Å². The summed E-state index contributed by atoms with van der Waals surface area (Å²) in [6.45, 7) is 0.114. The monoisotopic (exact) mass is 475 g/mol. The smallest absolute Gasteiger partial charge is 0.360 e. The van der Waals surface area contributed by atoms with E-state index in [0.717, 1.165) is 28.7 Å². The number of hydrogen-bond acceptors (Lipinski definition) is 6. The number of carbonyl (C=O) groups excluding carboxylic acids is 1. The number of nitrogens with zero attached hydrogens (tertiary/aromatic N) is 1. The molecule has 0 saturated carbocycles. The van der Waals surface area contributed by atoms with Gasteiger partial charge in [-0.15, -0.1) is 0 Å². The molecule has 3 aromatic rings. The number of allylic oxidation sites excluding steroid dienone is 1. The maximum Gasteiger partial charge on any atom is 0.360 e. The first kappa shape index (κ1) is 23.6. The molecule has 0 bridgehead atoms. The third kappa shape index (κ3) is 6.07. The minimum absolute atomic E-state index is 0.200. The van der Waals surface area contributed by atoms with Crippen LogP contribution in [0.2, 0.25) is 0 Å². The van der Waals surface area contributed by atoms with Gasteiger partial charge in [0.2, 0.25) is 0 Å².